The molecule has 3 rings (SSSR count). The molecule has 0 radical (unpaired) electrons. The number of halogens is 1. The Hall–Kier alpha value is -2.92. The van der Waals surface area contributed by atoms with E-state index in [9.17, 15) is 4.79 Å². The predicted molar refractivity (Wildman–Crippen MR) is 110 cm³/mol. The molecule has 0 spiro atoms. The van der Waals surface area contributed by atoms with E-state index in [1.165, 1.54) is 0 Å². The molecule has 0 saturated carbocycles. The van der Waals surface area contributed by atoms with Crippen molar-refractivity contribution >= 4 is 34.8 Å². The first-order valence-corrected chi connectivity index (χ1v) is 9.11. The summed E-state index contributed by atoms with van der Waals surface area (Å²) in [4.78, 5) is 23.7. The first-order chi connectivity index (χ1) is 13.0. The highest BCUT2D eigenvalue weighted by molar-refractivity contribution is 6.30. The number of benzene rings is 2. The van der Waals surface area contributed by atoms with Crippen LogP contribution in [-0.2, 0) is 0 Å². The van der Waals surface area contributed by atoms with E-state index in [1.54, 1.807) is 18.2 Å². The molecule has 1 heterocycles. The lowest BCUT2D eigenvalue weighted by Gasteiger charge is -2.21. The minimum Gasteiger partial charge on any atom is -0.320 e. The van der Waals surface area contributed by atoms with E-state index in [-0.39, 0.29) is 5.91 Å². The maximum absolute atomic E-state index is 12.8. The molecule has 0 fully saturated rings. The molecule has 27 heavy (non-hydrogen) atoms. The number of amides is 1. The van der Waals surface area contributed by atoms with Crippen LogP contribution in [0.4, 0.5) is 17.3 Å². The lowest BCUT2D eigenvalue weighted by Crippen LogP contribution is -2.22. The molecule has 0 aliphatic carbocycles. The number of carbonyl (C=O) groups is 1. The number of para-hydroxylation sites is 1. The molecule has 138 valence electrons. The molecule has 6 heteroatoms. The average molecular weight is 381 g/mol. The minimum atomic E-state index is -0.281. The van der Waals surface area contributed by atoms with Gasteiger partial charge in [-0.25, -0.2) is 9.97 Å². The molecule has 2 aromatic carbocycles. The van der Waals surface area contributed by atoms with Crippen LogP contribution in [0, 0.1) is 13.8 Å². The second kappa shape index (κ2) is 8.18. The summed E-state index contributed by atoms with van der Waals surface area (Å²) in [6, 6.07) is 16.9. The van der Waals surface area contributed by atoms with Gasteiger partial charge in [-0.1, -0.05) is 29.8 Å². The van der Waals surface area contributed by atoms with Gasteiger partial charge in [0.05, 0.1) is 0 Å². The largest absolute Gasteiger partial charge is 0.320 e. The quantitative estimate of drug-likeness (QED) is 0.664. The Kier molecular flexibility index (Phi) is 5.72. The number of rotatable bonds is 5. The fourth-order valence-corrected chi connectivity index (χ4v) is 3.02. The Morgan fingerprint density at radius 3 is 2.48 bits per heavy atom. The second-order valence-corrected chi connectivity index (χ2v) is 6.62. The second-order valence-electron chi connectivity index (χ2n) is 6.19. The summed E-state index contributed by atoms with van der Waals surface area (Å²) in [6.45, 7) is 6.46. The number of nitrogens with zero attached hydrogens (tertiary/aromatic N) is 3. The van der Waals surface area contributed by atoms with Crippen LogP contribution in [0.15, 0.2) is 54.6 Å². The Morgan fingerprint density at radius 1 is 1.07 bits per heavy atom. The summed E-state index contributed by atoms with van der Waals surface area (Å²) in [5.41, 5.74) is 3.62. The molecule has 3 aromatic rings. The van der Waals surface area contributed by atoms with E-state index in [2.05, 4.69) is 15.3 Å². The van der Waals surface area contributed by atoms with Gasteiger partial charge in [-0.3, -0.25) is 4.79 Å². The van der Waals surface area contributed by atoms with Crippen molar-refractivity contribution < 1.29 is 4.79 Å². The Balaban J connectivity index is 1.91. The van der Waals surface area contributed by atoms with Gasteiger partial charge in [-0.2, -0.15) is 0 Å². The van der Waals surface area contributed by atoms with E-state index < -0.39 is 0 Å². The van der Waals surface area contributed by atoms with Crippen molar-refractivity contribution in [3.8, 4) is 0 Å². The van der Waals surface area contributed by atoms with Gasteiger partial charge in [0.2, 0.25) is 5.95 Å². The van der Waals surface area contributed by atoms with E-state index in [1.807, 2.05) is 62.1 Å². The monoisotopic (exact) mass is 380 g/mol. The highest BCUT2D eigenvalue weighted by atomic mass is 35.5. The van der Waals surface area contributed by atoms with Crippen LogP contribution in [-0.4, -0.2) is 22.4 Å². The smallest absolute Gasteiger partial charge is 0.274 e. The van der Waals surface area contributed by atoms with Gasteiger partial charge in [0.1, 0.15) is 5.69 Å². The summed E-state index contributed by atoms with van der Waals surface area (Å²) >= 11 is 5.98. The molecule has 5 nitrogen and oxygen atoms in total. The molecular weight excluding hydrogens is 360 g/mol. The minimum absolute atomic E-state index is 0.281. The maximum atomic E-state index is 12.8. The Bertz CT molecular complexity index is 960. The molecule has 0 aliphatic heterocycles. The third-order valence-electron chi connectivity index (χ3n) is 4.14. The number of anilines is 3. The zero-order valence-corrected chi connectivity index (χ0v) is 16.3. The number of nitrogens with one attached hydrogen (secondary N) is 1. The van der Waals surface area contributed by atoms with Crippen LogP contribution in [0.5, 0.6) is 0 Å². The molecule has 0 atom stereocenters. The molecule has 1 amide bonds. The van der Waals surface area contributed by atoms with E-state index in [0.29, 0.717) is 28.9 Å². The summed E-state index contributed by atoms with van der Waals surface area (Å²) in [6.07, 6.45) is 0. The third kappa shape index (κ3) is 4.44. The van der Waals surface area contributed by atoms with Crippen molar-refractivity contribution in [3.05, 3.63) is 76.6 Å². The SMILES string of the molecule is CCN(c1ccccc1)c1nc(C)cc(C(=O)Nc2ccc(Cl)cc2C)n1. The molecule has 0 aliphatic rings. The first kappa shape index (κ1) is 18.9. The van der Waals surface area contributed by atoms with Gasteiger partial charge in [-0.05, 0) is 62.7 Å². The first-order valence-electron chi connectivity index (χ1n) is 8.73. The van der Waals surface area contributed by atoms with Gasteiger partial charge in [0, 0.05) is 28.6 Å². The topological polar surface area (TPSA) is 58.1 Å². The highest BCUT2D eigenvalue weighted by Crippen LogP contribution is 2.23. The van der Waals surface area contributed by atoms with Crippen LogP contribution in [0.25, 0.3) is 0 Å². The maximum Gasteiger partial charge on any atom is 0.274 e. The van der Waals surface area contributed by atoms with Crippen LogP contribution >= 0.6 is 11.6 Å². The molecule has 1 aromatic heterocycles. The van der Waals surface area contributed by atoms with Crippen molar-refractivity contribution in [1.29, 1.82) is 0 Å². The Morgan fingerprint density at radius 2 is 1.81 bits per heavy atom. The number of carbonyl (C=O) groups excluding carboxylic acids is 1. The van der Waals surface area contributed by atoms with E-state index in [0.717, 1.165) is 16.9 Å². The Labute approximate surface area is 164 Å². The summed E-state index contributed by atoms with van der Waals surface area (Å²) in [7, 11) is 0. The van der Waals surface area contributed by atoms with E-state index >= 15 is 0 Å². The lowest BCUT2D eigenvalue weighted by atomic mass is 10.2. The van der Waals surface area contributed by atoms with E-state index in [4.69, 9.17) is 11.6 Å². The van der Waals surface area contributed by atoms with Crippen LogP contribution in [0.3, 0.4) is 0 Å². The summed E-state index contributed by atoms with van der Waals surface area (Å²) in [5.74, 6) is 0.220. The molecular formula is C21H21ClN4O. The zero-order chi connectivity index (χ0) is 19.4. The fourth-order valence-electron chi connectivity index (χ4n) is 2.79. The molecule has 1 N–H and O–H groups in total. The zero-order valence-electron chi connectivity index (χ0n) is 15.5. The van der Waals surface area contributed by atoms with Crippen LogP contribution in [0.1, 0.15) is 28.7 Å². The predicted octanol–water partition coefficient (Wildman–Crippen LogP) is 5.16. The van der Waals surface area contributed by atoms with Crippen molar-refractivity contribution in [3.63, 3.8) is 0 Å². The molecule has 0 bridgehead atoms. The van der Waals surface area contributed by atoms with Gasteiger partial charge < -0.3 is 10.2 Å². The van der Waals surface area contributed by atoms with Gasteiger partial charge in [0.25, 0.3) is 5.91 Å². The van der Waals surface area contributed by atoms with Crippen molar-refractivity contribution in [2.75, 3.05) is 16.8 Å². The van der Waals surface area contributed by atoms with Crippen LogP contribution in [0.2, 0.25) is 5.02 Å². The highest BCUT2D eigenvalue weighted by Gasteiger charge is 2.16. The fraction of sp³-hybridized carbons (Fsp3) is 0.190. The molecule has 0 unspecified atom stereocenters. The number of aromatic nitrogens is 2. The summed E-state index contributed by atoms with van der Waals surface area (Å²) in [5, 5.41) is 3.53. The van der Waals surface area contributed by atoms with Crippen molar-refractivity contribution in [1.82, 2.24) is 9.97 Å². The van der Waals surface area contributed by atoms with Gasteiger partial charge in [-0.15, -0.1) is 0 Å². The van der Waals surface area contributed by atoms with Gasteiger partial charge in [0.15, 0.2) is 0 Å². The third-order valence-corrected chi connectivity index (χ3v) is 4.37. The number of hydrogen-bond acceptors (Lipinski definition) is 4. The average Bonchev–Trinajstić information content (AvgIpc) is 2.65. The number of aryl methyl sites for hydroxylation is 2. The van der Waals surface area contributed by atoms with Gasteiger partial charge >= 0.3 is 0 Å². The standard InChI is InChI=1S/C21H21ClN4O/c1-4-26(17-8-6-5-7-9-17)21-23-15(3)13-19(25-21)20(27)24-18-11-10-16(22)12-14(18)2/h5-13H,4H2,1-3H3,(H,24,27). The molecule has 0 saturated heterocycles. The number of hydrogen-bond donors (Lipinski definition) is 1. The van der Waals surface area contributed by atoms with Crippen LogP contribution < -0.4 is 10.2 Å². The van der Waals surface area contributed by atoms with Crippen molar-refractivity contribution in [2.24, 2.45) is 0 Å². The summed E-state index contributed by atoms with van der Waals surface area (Å²) < 4.78 is 0. The normalized spacial score (nSPS) is 10.5. The van der Waals surface area contributed by atoms with Crippen molar-refractivity contribution in [2.45, 2.75) is 20.8 Å². The lowest BCUT2D eigenvalue weighted by molar-refractivity contribution is 0.102.